The number of hydrogen-bond acceptors (Lipinski definition) is 5. The minimum atomic E-state index is -3.73. The summed E-state index contributed by atoms with van der Waals surface area (Å²) in [4.78, 5) is 25.5. The number of benzene rings is 3. The van der Waals surface area contributed by atoms with E-state index >= 15 is 0 Å². The largest absolute Gasteiger partial charge is 0.586 e. The molecule has 3 aromatic carbocycles. The zero-order valence-electron chi connectivity index (χ0n) is 20.2. The number of aromatic carboxylic acids is 1. The fourth-order valence-electron chi connectivity index (χ4n) is 5.44. The summed E-state index contributed by atoms with van der Waals surface area (Å²) in [5.41, 5.74) is 1.40. The first kappa shape index (κ1) is 24.4. The van der Waals surface area contributed by atoms with E-state index in [1.165, 1.54) is 12.1 Å². The molecule has 1 saturated carbocycles. The Labute approximate surface area is 217 Å². The molecule has 0 aromatic heterocycles. The van der Waals surface area contributed by atoms with Crippen molar-refractivity contribution in [2.45, 2.75) is 55.6 Å². The van der Waals surface area contributed by atoms with Crippen molar-refractivity contribution in [3.8, 4) is 11.5 Å². The Morgan fingerprint density at radius 1 is 0.868 bits per heavy atom. The lowest BCUT2D eigenvalue weighted by atomic mass is 9.88. The van der Waals surface area contributed by atoms with Gasteiger partial charge >= 0.3 is 12.3 Å². The summed E-state index contributed by atoms with van der Waals surface area (Å²) >= 11 is 0. The molecular formula is C29H25F2NO6. The average molecular weight is 522 g/mol. The van der Waals surface area contributed by atoms with Gasteiger partial charge in [0.2, 0.25) is 5.91 Å². The Kier molecular flexibility index (Phi) is 5.83. The van der Waals surface area contributed by atoms with Crippen molar-refractivity contribution in [1.82, 2.24) is 5.32 Å². The normalized spacial score (nSPS) is 24.4. The molecule has 0 bridgehead atoms. The molecule has 3 aliphatic rings. The molecule has 1 saturated heterocycles. The third kappa shape index (κ3) is 4.47. The first-order chi connectivity index (χ1) is 18.2. The van der Waals surface area contributed by atoms with Gasteiger partial charge < -0.3 is 24.6 Å². The van der Waals surface area contributed by atoms with Gasteiger partial charge in [-0.05, 0) is 60.6 Å². The third-order valence-corrected chi connectivity index (χ3v) is 7.51. The zero-order valence-corrected chi connectivity index (χ0v) is 20.2. The minimum Gasteiger partial charge on any atom is -0.478 e. The van der Waals surface area contributed by atoms with Gasteiger partial charge in [0, 0.05) is 6.04 Å². The van der Waals surface area contributed by atoms with Gasteiger partial charge in [-0.2, -0.15) is 0 Å². The highest BCUT2D eigenvalue weighted by atomic mass is 19.3. The van der Waals surface area contributed by atoms with Crippen LogP contribution >= 0.6 is 0 Å². The number of rotatable bonds is 6. The first-order valence-electron chi connectivity index (χ1n) is 12.5. The van der Waals surface area contributed by atoms with Crippen LogP contribution in [0.15, 0.2) is 72.8 Å². The number of amides is 1. The molecule has 2 heterocycles. The fourth-order valence-corrected chi connectivity index (χ4v) is 5.44. The first-order valence-corrected chi connectivity index (χ1v) is 12.5. The van der Waals surface area contributed by atoms with E-state index in [9.17, 15) is 23.5 Å². The van der Waals surface area contributed by atoms with Crippen molar-refractivity contribution in [2.75, 3.05) is 0 Å². The molecule has 2 aliphatic heterocycles. The maximum absolute atomic E-state index is 13.6. The van der Waals surface area contributed by atoms with Gasteiger partial charge in [-0.3, -0.25) is 4.79 Å². The molecule has 0 radical (unpaired) electrons. The summed E-state index contributed by atoms with van der Waals surface area (Å²) in [7, 11) is 0. The second kappa shape index (κ2) is 9.09. The SMILES string of the molecule is O=C(O)c1ccccc1[C@H]1C[C@@H](NC(=O)C2(c3ccc4c(c3)OC(F)(F)O4)CC2)C[C@@H](c2ccccc2)O1. The van der Waals surface area contributed by atoms with Crippen molar-refractivity contribution in [2.24, 2.45) is 0 Å². The summed E-state index contributed by atoms with van der Waals surface area (Å²) in [6, 6.07) is 20.5. The van der Waals surface area contributed by atoms with Crippen LogP contribution in [-0.2, 0) is 14.9 Å². The molecule has 7 nitrogen and oxygen atoms in total. The number of nitrogens with one attached hydrogen (secondary N) is 1. The quantitative estimate of drug-likeness (QED) is 0.444. The molecule has 2 fully saturated rings. The van der Waals surface area contributed by atoms with Crippen LogP contribution in [0.25, 0.3) is 0 Å². The highest BCUT2D eigenvalue weighted by Crippen LogP contribution is 2.52. The van der Waals surface area contributed by atoms with E-state index in [0.29, 0.717) is 36.8 Å². The van der Waals surface area contributed by atoms with Gasteiger partial charge in [-0.1, -0.05) is 54.6 Å². The fraction of sp³-hybridized carbons (Fsp3) is 0.310. The number of alkyl halides is 2. The second-order valence-electron chi connectivity index (χ2n) is 9.97. The standard InChI is InChI=1S/C29H25F2NO6/c30-29(31)37-22-11-10-18(14-25(22)38-29)28(12-13-28)27(35)32-19-15-23(17-6-2-1-3-7-17)36-24(16-19)20-8-4-5-9-21(20)26(33)34/h1-11,14,19,23-24H,12-13,15-16H2,(H,32,35)(H,33,34)/t19-,23-,24+/m0/s1. The van der Waals surface area contributed by atoms with Crippen LogP contribution in [0.4, 0.5) is 8.78 Å². The molecule has 38 heavy (non-hydrogen) atoms. The summed E-state index contributed by atoms with van der Waals surface area (Å²) in [6.07, 6.45) is -2.58. The van der Waals surface area contributed by atoms with E-state index in [1.807, 2.05) is 30.3 Å². The number of hydrogen-bond donors (Lipinski definition) is 2. The number of carboxylic acids is 1. The van der Waals surface area contributed by atoms with Crippen molar-refractivity contribution >= 4 is 11.9 Å². The van der Waals surface area contributed by atoms with Crippen LogP contribution < -0.4 is 14.8 Å². The predicted molar refractivity (Wildman–Crippen MR) is 131 cm³/mol. The molecule has 3 aromatic rings. The van der Waals surface area contributed by atoms with Crippen LogP contribution in [0.1, 0.15) is 64.9 Å². The van der Waals surface area contributed by atoms with Crippen molar-refractivity contribution in [1.29, 1.82) is 0 Å². The topological polar surface area (TPSA) is 94.1 Å². The van der Waals surface area contributed by atoms with Gasteiger partial charge in [0.15, 0.2) is 11.5 Å². The minimum absolute atomic E-state index is 0.0648. The van der Waals surface area contributed by atoms with Crippen LogP contribution in [0, 0.1) is 0 Å². The van der Waals surface area contributed by atoms with Gasteiger partial charge in [0.1, 0.15) is 0 Å². The van der Waals surface area contributed by atoms with Crippen molar-refractivity contribution in [3.63, 3.8) is 0 Å². The second-order valence-corrected chi connectivity index (χ2v) is 9.97. The van der Waals surface area contributed by atoms with Gasteiger partial charge in [0.05, 0.1) is 23.2 Å². The molecule has 9 heteroatoms. The maximum atomic E-state index is 13.6. The Bertz CT molecular complexity index is 1390. The van der Waals surface area contributed by atoms with Crippen molar-refractivity contribution in [3.05, 3.63) is 95.1 Å². The number of carboxylic acid groups (broad SMARTS) is 1. The molecule has 1 amide bonds. The van der Waals surface area contributed by atoms with E-state index in [2.05, 4.69) is 14.8 Å². The van der Waals surface area contributed by atoms with Crippen LogP contribution in [0.3, 0.4) is 0 Å². The number of carbonyl (C=O) groups is 2. The Morgan fingerprint density at radius 3 is 2.29 bits per heavy atom. The molecule has 0 spiro atoms. The average Bonchev–Trinajstić information content (AvgIpc) is 3.66. The van der Waals surface area contributed by atoms with E-state index in [-0.39, 0.29) is 35.1 Å². The molecule has 1 aliphatic carbocycles. The maximum Gasteiger partial charge on any atom is 0.586 e. The molecule has 2 N–H and O–H groups in total. The highest BCUT2D eigenvalue weighted by Gasteiger charge is 2.53. The Hall–Kier alpha value is -3.98. The van der Waals surface area contributed by atoms with Crippen molar-refractivity contribution < 1.29 is 37.7 Å². The summed E-state index contributed by atoms with van der Waals surface area (Å²) in [5.74, 6) is -1.40. The lowest BCUT2D eigenvalue weighted by Gasteiger charge is -2.37. The predicted octanol–water partition coefficient (Wildman–Crippen LogP) is 5.52. The molecular weight excluding hydrogens is 496 g/mol. The monoisotopic (exact) mass is 521 g/mol. The van der Waals surface area contributed by atoms with Gasteiger partial charge in [-0.25, -0.2) is 4.79 Å². The van der Waals surface area contributed by atoms with E-state index in [0.717, 1.165) is 5.56 Å². The van der Waals surface area contributed by atoms with Crippen LogP contribution in [-0.4, -0.2) is 29.3 Å². The Morgan fingerprint density at radius 2 is 1.55 bits per heavy atom. The lowest BCUT2D eigenvalue weighted by molar-refractivity contribution is -0.286. The number of fused-ring (bicyclic) bond motifs is 1. The number of carbonyl (C=O) groups excluding carboxylic acids is 1. The molecule has 0 unspecified atom stereocenters. The van der Waals surface area contributed by atoms with Crippen LogP contribution in [0.2, 0.25) is 0 Å². The number of ether oxygens (including phenoxy) is 3. The smallest absolute Gasteiger partial charge is 0.478 e. The highest BCUT2D eigenvalue weighted by molar-refractivity contribution is 5.92. The lowest BCUT2D eigenvalue weighted by Crippen LogP contribution is -2.45. The molecule has 196 valence electrons. The third-order valence-electron chi connectivity index (χ3n) is 7.51. The summed E-state index contributed by atoms with van der Waals surface area (Å²) < 4.78 is 42.5. The number of halogens is 2. The molecule has 6 rings (SSSR count). The summed E-state index contributed by atoms with van der Waals surface area (Å²) in [5, 5.41) is 12.9. The van der Waals surface area contributed by atoms with E-state index < -0.39 is 23.8 Å². The van der Waals surface area contributed by atoms with E-state index in [4.69, 9.17) is 4.74 Å². The molecule has 3 atom stereocenters. The van der Waals surface area contributed by atoms with Gasteiger partial charge in [-0.15, -0.1) is 8.78 Å². The Balaban J connectivity index is 1.26. The van der Waals surface area contributed by atoms with Crippen LogP contribution in [0.5, 0.6) is 11.5 Å². The van der Waals surface area contributed by atoms with E-state index in [1.54, 1.807) is 30.3 Å². The van der Waals surface area contributed by atoms with Gasteiger partial charge in [0.25, 0.3) is 0 Å². The zero-order chi connectivity index (χ0) is 26.5. The summed E-state index contributed by atoms with van der Waals surface area (Å²) in [6.45, 7) is 0.